The molecule has 1 nitrogen and oxygen atoms in total. The summed E-state index contributed by atoms with van der Waals surface area (Å²) in [6, 6.07) is 6.06. The first-order valence-corrected chi connectivity index (χ1v) is 5.70. The summed E-state index contributed by atoms with van der Waals surface area (Å²) in [5.74, 6) is 0. The van der Waals surface area contributed by atoms with Gasteiger partial charge < -0.3 is 4.98 Å². The van der Waals surface area contributed by atoms with Crippen molar-refractivity contribution < 1.29 is 0 Å². The first kappa shape index (κ1) is 10.6. The van der Waals surface area contributed by atoms with Crippen LogP contribution < -0.4 is 0 Å². The fraction of sp³-hybridized carbons (Fsp3) is 0.385. The van der Waals surface area contributed by atoms with Gasteiger partial charge in [-0.3, -0.25) is 0 Å². The fourth-order valence-electron chi connectivity index (χ4n) is 1.87. The molecule has 1 aromatic heterocycles. The van der Waals surface area contributed by atoms with Crippen LogP contribution in [0.2, 0.25) is 5.02 Å². The van der Waals surface area contributed by atoms with E-state index < -0.39 is 0 Å². The fourth-order valence-corrected chi connectivity index (χ4v) is 2.10. The van der Waals surface area contributed by atoms with E-state index in [-0.39, 0.29) is 5.41 Å². The molecule has 80 valence electrons. The highest BCUT2D eigenvalue weighted by molar-refractivity contribution is 6.35. The Hall–Kier alpha value is -0.950. The van der Waals surface area contributed by atoms with E-state index in [2.05, 4.69) is 38.0 Å². The second-order valence-corrected chi connectivity index (χ2v) is 5.01. The van der Waals surface area contributed by atoms with E-state index in [1.54, 1.807) is 0 Å². The lowest BCUT2D eigenvalue weighted by Crippen LogP contribution is -2.14. The predicted molar refractivity (Wildman–Crippen MR) is 66.6 cm³/mol. The Balaban J connectivity index is 2.69. The lowest BCUT2D eigenvalue weighted by Gasteiger charge is -2.22. The van der Waals surface area contributed by atoms with Gasteiger partial charge >= 0.3 is 0 Å². The van der Waals surface area contributed by atoms with Crippen molar-refractivity contribution in [3.8, 4) is 0 Å². The maximum atomic E-state index is 6.13. The van der Waals surface area contributed by atoms with E-state index in [9.17, 15) is 0 Å². The molecule has 0 unspecified atom stereocenters. The van der Waals surface area contributed by atoms with Crippen molar-refractivity contribution in [3.63, 3.8) is 0 Å². The molecule has 0 aliphatic carbocycles. The van der Waals surface area contributed by atoms with Crippen LogP contribution in [0, 0.1) is 0 Å². The molecule has 0 spiro atoms. The molecule has 0 aliphatic rings. The van der Waals surface area contributed by atoms with E-state index in [0.29, 0.717) is 0 Å². The minimum absolute atomic E-state index is 0.197. The van der Waals surface area contributed by atoms with E-state index in [1.807, 2.05) is 12.1 Å². The van der Waals surface area contributed by atoms with Crippen LogP contribution in [0.3, 0.4) is 0 Å². The average molecular weight is 222 g/mol. The van der Waals surface area contributed by atoms with Crippen LogP contribution in [0.4, 0.5) is 0 Å². The first-order valence-electron chi connectivity index (χ1n) is 5.32. The number of hydrogen-bond acceptors (Lipinski definition) is 0. The summed E-state index contributed by atoms with van der Waals surface area (Å²) >= 11 is 6.13. The molecule has 0 fully saturated rings. The summed E-state index contributed by atoms with van der Waals surface area (Å²) in [5.41, 5.74) is 2.60. The smallest absolute Gasteiger partial charge is 0.0647 e. The number of nitrogens with one attached hydrogen (secondary N) is 1. The van der Waals surface area contributed by atoms with Crippen molar-refractivity contribution in [2.45, 2.75) is 32.6 Å². The number of hydrogen-bond donors (Lipinski definition) is 1. The number of aromatic amines is 1. The van der Waals surface area contributed by atoms with Crippen LogP contribution in [0.1, 0.15) is 32.8 Å². The summed E-state index contributed by atoms with van der Waals surface area (Å²) in [4.78, 5) is 3.26. The second-order valence-electron chi connectivity index (χ2n) is 4.60. The molecule has 0 atom stereocenters. The van der Waals surface area contributed by atoms with Crippen LogP contribution in [0.15, 0.2) is 24.4 Å². The number of H-pyrrole nitrogens is 1. The lowest BCUT2D eigenvalue weighted by molar-refractivity contribution is 0.510. The topological polar surface area (TPSA) is 15.8 Å². The molecule has 15 heavy (non-hydrogen) atoms. The Labute approximate surface area is 95.5 Å². The molecule has 0 saturated heterocycles. The number of aromatic nitrogens is 1. The molecular formula is C13H16ClN. The summed E-state index contributed by atoms with van der Waals surface area (Å²) in [6.07, 6.45) is 3.20. The molecule has 0 amide bonds. The van der Waals surface area contributed by atoms with Crippen molar-refractivity contribution in [2.24, 2.45) is 0 Å². The third-order valence-corrected chi connectivity index (χ3v) is 3.59. The number of halogens is 1. The Morgan fingerprint density at radius 2 is 2.07 bits per heavy atom. The second kappa shape index (κ2) is 3.57. The van der Waals surface area contributed by atoms with Crippen molar-refractivity contribution >= 4 is 22.5 Å². The maximum absolute atomic E-state index is 6.13. The number of rotatable bonds is 2. The first-order chi connectivity index (χ1) is 7.06. The normalized spacial score (nSPS) is 12.3. The largest absolute Gasteiger partial charge is 0.360 e. The molecule has 0 radical (unpaired) electrons. The summed E-state index contributed by atoms with van der Waals surface area (Å²) in [7, 11) is 0. The van der Waals surface area contributed by atoms with Gasteiger partial charge in [0.25, 0.3) is 0 Å². The molecule has 1 N–H and O–H groups in total. The summed E-state index contributed by atoms with van der Waals surface area (Å²) in [6.45, 7) is 6.73. The minimum atomic E-state index is 0.197. The molecule has 1 aromatic carbocycles. The Morgan fingerprint density at radius 1 is 1.33 bits per heavy atom. The van der Waals surface area contributed by atoms with Gasteiger partial charge in [-0.1, -0.05) is 44.5 Å². The number of fused-ring (bicyclic) bond motifs is 1. The van der Waals surface area contributed by atoms with Gasteiger partial charge in [-0.05, 0) is 23.5 Å². The summed E-state index contributed by atoms with van der Waals surface area (Å²) in [5, 5.41) is 2.04. The third-order valence-electron chi connectivity index (χ3n) is 3.28. The molecule has 2 heteroatoms. The minimum Gasteiger partial charge on any atom is -0.360 e. The predicted octanol–water partition coefficient (Wildman–Crippen LogP) is 4.51. The molecule has 2 aromatic rings. The zero-order valence-electron chi connectivity index (χ0n) is 9.39. The van der Waals surface area contributed by atoms with Crippen LogP contribution in [0.25, 0.3) is 10.9 Å². The van der Waals surface area contributed by atoms with E-state index in [0.717, 1.165) is 17.0 Å². The van der Waals surface area contributed by atoms with Crippen molar-refractivity contribution in [3.05, 3.63) is 35.0 Å². The zero-order chi connectivity index (χ0) is 11.1. The maximum Gasteiger partial charge on any atom is 0.0647 e. The molecule has 0 saturated carbocycles. The Kier molecular flexibility index (Phi) is 2.51. The van der Waals surface area contributed by atoms with Gasteiger partial charge in [-0.25, -0.2) is 0 Å². The number of benzene rings is 1. The van der Waals surface area contributed by atoms with E-state index >= 15 is 0 Å². The van der Waals surface area contributed by atoms with Crippen LogP contribution in [-0.4, -0.2) is 4.98 Å². The molecule has 1 heterocycles. The molecular weight excluding hydrogens is 206 g/mol. The standard InChI is InChI=1S/C13H16ClN/c1-4-13(2,3)10-8-15-12-9(10)6-5-7-11(12)14/h5-8,15H,4H2,1-3H3. The number of para-hydroxylation sites is 1. The van der Waals surface area contributed by atoms with Crippen molar-refractivity contribution in [1.29, 1.82) is 0 Å². The van der Waals surface area contributed by atoms with Crippen LogP contribution in [-0.2, 0) is 5.41 Å². The zero-order valence-corrected chi connectivity index (χ0v) is 10.2. The van der Waals surface area contributed by atoms with Crippen LogP contribution >= 0.6 is 11.6 Å². The highest BCUT2D eigenvalue weighted by atomic mass is 35.5. The van der Waals surface area contributed by atoms with E-state index in [4.69, 9.17) is 11.6 Å². The molecule has 0 bridgehead atoms. The summed E-state index contributed by atoms with van der Waals surface area (Å²) < 4.78 is 0. The van der Waals surface area contributed by atoms with Gasteiger partial charge in [0.1, 0.15) is 0 Å². The van der Waals surface area contributed by atoms with Crippen molar-refractivity contribution in [2.75, 3.05) is 0 Å². The van der Waals surface area contributed by atoms with Gasteiger partial charge in [-0.15, -0.1) is 0 Å². The van der Waals surface area contributed by atoms with Gasteiger partial charge in [0, 0.05) is 11.6 Å². The van der Waals surface area contributed by atoms with Gasteiger partial charge in [0.15, 0.2) is 0 Å². The van der Waals surface area contributed by atoms with Crippen LogP contribution in [0.5, 0.6) is 0 Å². The quantitative estimate of drug-likeness (QED) is 0.768. The lowest BCUT2D eigenvalue weighted by atomic mass is 9.82. The Bertz CT molecular complexity index is 482. The van der Waals surface area contributed by atoms with Gasteiger partial charge in [0.2, 0.25) is 0 Å². The Morgan fingerprint density at radius 3 is 2.73 bits per heavy atom. The monoisotopic (exact) mass is 221 g/mol. The SMILES string of the molecule is CCC(C)(C)c1c[nH]c2c(Cl)cccc12. The van der Waals surface area contributed by atoms with Gasteiger partial charge in [0.05, 0.1) is 10.5 Å². The molecule has 0 aliphatic heterocycles. The van der Waals surface area contributed by atoms with Crippen molar-refractivity contribution in [1.82, 2.24) is 4.98 Å². The van der Waals surface area contributed by atoms with E-state index in [1.165, 1.54) is 10.9 Å². The average Bonchev–Trinajstić information content (AvgIpc) is 2.63. The van der Waals surface area contributed by atoms with Gasteiger partial charge in [-0.2, -0.15) is 0 Å². The molecule has 2 rings (SSSR count). The highest BCUT2D eigenvalue weighted by Gasteiger charge is 2.21. The third kappa shape index (κ3) is 1.65. The highest BCUT2D eigenvalue weighted by Crippen LogP contribution is 2.34.